The number of ether oxygens (including phenoxy) is 2. The number of ketones is 1. The van der Waals surface area contributed by atoms with Crippen LogP contribution in [-0.2, 0) is 112 Å². The van der Waals surface area contributed by atoms with Gasteiger partial charge in [0.1, 0.15) is 73.3 Å². The summed E-state index contributed by atoms with van der Waals surface area (Å²) in [7, 11) is 3.37. The zero-order valence-corrected chi connectivity index (χ0v) is 72.1. The van der Waals surface area contributed by atoms with Gasteiger partial charge in [0.2, 0.25) is 82.7 Å². The van der Waals surface area contributed by atoms with Crippen molar-refractivity contribution in [3.8, 4) is 0 Å². The minimum absolute atomic E-state index is 0.0185. The van der Waals surface area contributed by atoms with Gasteiger partial charge in [0.15, 0.2) is 11.7 Å². The minimum atomic E-state index is -2.17. The summed E-state index contributed by atoms with van der Waals surface area (Å²) < 4.78 is 12.4. The Morgan fingerprint density at radius 1 is 0.669 bits per heavy atom. The molecular weight excluding hydrogens is 1660 g/mol. The number of rotatable bonds is 33. The van der Waals surface area contributed by atoms with E-state index in [0.29, 0.717) is 39.4 Å². The van der Waals surface area contributed by atoms with Crippen molar-refractivity contribution in [3.05, 3.63) is 90.3 Å². The van der Waals surface area contributed by atoms with Crippen LogP contribution in [0.2, 0.25) is 0 Å². The number of aryl methyl sites for hydroxylation is 1. The van der Waals surface area contributed by atoms with E-state index in [1.54, 1.807) is 100 Å². The number of aliphatic carboxylic acids is 1. The number of primary amides is 1. The first-order chi connectivity index (χ1) is 58.8. The smallest absolute Gasteiger partial charge is 0.305 e. The second-order valence-corrected chi connectivity index (χ2v) is 32.9. The number of hydrogen-bond acceptors (Lipinski definition) is 25. The SMILES string of the molecule is CC[C@H](C)[C@H](NC(C)=O)C(=O)N[C@H]1CSSC[C@@H](C(=O)N[C@H](C(=O)NCCOCCOCC(C)=O)[C@@H](C)O)NC(=O)[C@H](CCCNC(=N)N)NC(=O)[C@H](Cc2cnc[nH]2)NC(=O)[C@H](C)NC(=O)CNC(=O)[C@H](Cc2c[nH]c3ccccc23)NC(O)C(CC(=O)O)NC(=O)[C@H](CCC(N)=O)NC(=O)[C@H](Cc2cn(C)c3ccccc23)NC(=O)[C@H](C(C)C)NC1=O. The fourth-order valence-electron chi connectivity index (χ4n) is 13.0. The predicted molar refractivity (Wildman–Crippen MR) is 455 cm³/mol. The van der Waals surface area contributed by atoms with Crippen LogP contribution in [0.3, 0.4) is 0 Å². The number of benzene rings is 2. The lowest BCUT2D eigenvalue weighted by Crippen LogP contribution is -2.62. The van der Waals surface area contributed by atoms with E-state index in [1.807, 2.05) is 0 Å². The molecule has 124 heavy (non-hydrogen) atoms. The van der Waals surface area contributed by atoms with E-state index in [-0.39, 0.29) is 83.1 Å². The number of para-hydroxylation sites is 2. The molecule has 1 aliphatic rings. The summed E-state index contributed by atoms with van der Waals surface area (Å²) in [5.74, 6) is -18.5. The number of carbonyl (C=O) groups excluding carboxylic acids is 15. The van der Waals surface area contributed by atoms with Crippen molar-refractivity contribution in [2.75, 3.05) is 57.6 Å². The van der Waals surface area contributed by atoms with E-state index in [2.05, 4.69) is 94.7 Å². The Bertz CT molecular complexity index is 4530. The molecule has 15 atom stereocenters. The number of amides is 14. The first-order valence-corrected chi connectivity index (χ1v) is 42.8. The van der Waals surface area contributed by atoms with Crippen molar-refractivity contribution in [1.29, 1.82) is 5.41 Å². The first kappa shape index (κ1) is 101. The van der Waals surface area contributed by atoms with Crippen molar-refractivity contribution in [2.24, 2.45) is 30.4 Å². The molecule has 0 aliphatic carbocycles. The Morgan fingerprint density at radius 3 is 1.94 bits per heavy atom. The number of nitrogens with one attached hydrogen (secondary N) is 18. The van der Waals surface area contributed by atoms with Gasteiger partial charge in [0.05, 0.1) is 57.3 Å². The number of aliphatic hydroxyl groups is 2. The first-order valence-electron chi connectivity index (χ1n) is 40.3. The molecule has 45 heteroatoms. The molecule has 0 radical (unpaired) electrons. The molecule has 14 amide bonds. The number of aliphatic hydroxyl groups excluding tert-OH is 2. The number of H-pyrrole nitrogens is 2. The zero-order valence-electron chi connectivity index (χ0n) is 70.4. The minimum Gasteiger partial charge on any atom is -0.481 e. The van der Waals surface area contributed by atoms with Crippen LogP contribution in [0.5, 0.6) is 0 Å². The summed E-state index contributed by atoms with van der Waals surface area (Å²) in [6, 6.07) is -5.83. The number of aromatic amines is 2. The number of hydrogen-bond donors (Lipinski definition) is 23. The number of Topliss-reactive ketones (excluding diaryl/α,β-unsaturated/α-hetero) is 1. The van der Waals surface area contributed by atoms with E-state index >= 15 is 19.2 Å². The molecular formula is C79H116N22O21S2. The Hall–Kier alpha value is -11.8. The molecule has 2 aromatic carbocycles. The van der Waals surface area contributed by atoms with E-state index in [1.165, 1.54) is 40.2 Å². The van der Waals surface area contributed by atoms with Gasteiger partial charge in [-0.25, -0.2) is 4.98 Å². The molecule has 3 aromatic heterocycles. The van der Waals surface area contributed by atoms with Crippen LogP contribution in [0.1, 0.15) is 111 Å². The lowest BCUT2D eigenvalue weighted by atomic mass is 9.97. The number of carbonyl (C=O) groups is 16. The van der Waals surface area contributed by atoms with Crippen molar-refractivity contribution in [3.63, 3.8) is 0 Å². The van der Waals surface area contributed by atoms with Gasteiger partial charge < -0.3 is 125 Å². The van der Waals surface area contributed by atoms with Gasteiger partial charge in [0.25, 0.3) is 0 Å². The van der Waals surface area contributed by atoms with Gasteiger partial charge >= 0.3 is 5.97 Å². The van der Waals surface area contributed by atoms with Crippen LogP contribution in [0, 0.1) is 17.2 Å². The highest BCUT2D eigenvalue weighted by molar-refractivity contribution is 8.76. The number of imidazole rings is 1. The molecule has 4 heterocycles. The van der Waals surface area contributed by atoms with Crippen molar-refractivity contribution in [1.82, 2.24) is 99.3 Å². The number of nitrogens with two attached hydrogens (primary N) is 2. The van der Waals surface area contributed by atoms with Crippen LogP contribution in [0.4, 0.5) is 0 Å². The lowest BCUT2D eigenvalue weighted by molar-refractivity contribution is -0.140. The molecule has 1 aliphatic heterocycles. The molecule has 1 saturated heterocycles. The third kappa shape index (κ3) is 33.1. The Balaban J connectivity index is 1.48. The number of aromatic nitrogens is 4. The number of carboxylic acid groups (broad SMARTS) is 1. The number of guanidine groups is 1. The van der Waals surface area contributed by atoms with E-state index in [9.17, 15) is 72.9 Å². The summed E-state index contributed by atoms with van der Waals surface area (Å²) in [5, 5.41) is 81.2. The van der Waals surface area contributed by atoms with E-state index in [0.717, 1.165) is 21.6 Å². The van der Waals surface area contributed by atoms with Gasteiger partial charge in [-0.15, -0.1) is 0 Å². The zero-order chi connectivity index (χ0) is 91.4. The molecule has 5 aromatic rings. The average molecular weight is 1770 g/mol. The monoisotopic (exact) mass is 1770 g/mol. The van der Waals surface area contributed by atoms with Gasteiger partial charge in [-0.05, 0) is 81.5 Å². The van der Waals surface area contributed by atoms with E-state index < -0.39 is 229 Å². The fourth-order valence-corrected chi connectivity index (χ4v) is 15.4. The molecule has 0 spiro atoms. The maximum atomic E-state index is 15.3. The third-order valence-electron chi connectivity index (χ3n) is 19.9. The average Bonchev–Trinajstić information content (AvgIpc) is 1.65. The Kier molecular flexibility index (Phi) is 41.3. The van der Waals surface area contributed by atoms with Crippen LogP contribution in [0.15, 0.2) is 73.4 Å². The van der Waals surface area contributed by atoms with Gasteiger partial charge in [0, 0.05) is 104 Å². The molecule has 0 bridgehead atoms. The van der Waals surface area contributed by atoms with Crippen LogP contribution >= 0.6 is 21.6 Å². The molecule has 0 saturated carbocycles. The predicted octanol–water partition coefficient (Wildman–Crippen LogP) is -4.60. The van der Waals surface area contributed by atoms with Crippen LogP contribution < -0.4 is 91.2 Å². The maximum Gasteiger partial charge on any atom is 0.305 e. The third-order valence-corrected chi connectivity index (χ3v) is 22.3. The van der Waals surface area contributed by atoms with Crippen LogP contribution in [-0.4, -0.2) is 278 Å². The molecule has 1 fully saturated rings. The summed E-state index contributed by atoms with van der Waals surface area (Å²) in [6.45, 7) is 10.2. The van der Waals surface area contributed by atoms with E-state index in [4.69, 9.17) is 26.4 Å². The van der Waals surface area contributed by atoms with Crippen molar-refractivity contribution < 1.29 is 102 Å². The number of carboxylic acids is 1. The highest BCUT2D eigenvalue weighted by atomic mass is 33.1. The largest absolute Gasteiger partial charge is 0.481 e. The highest BCUT2D eigenvalue weighted by Crippen LogP contribution is 2.26. The number of nitrogens with zero attached hydrogens (tertiary/aromatic N) is 2. The molecule has 680 valence electrons. The Labute approximate surface area is 722 Å². The van der Waals surface area contributed by atoms with Gasteiger partial charge in [-0.2, -0.15) is 0 Å². The summed E-state index contributed by atoms with van der Waals surface area (Å²) in [5.41, 5.74) is 13.7. The molecule has 25 N–H and O–H groups in total. The molecule has 2 unspecified atom stereocenters. The topological polar surface area (TPSA) is 658 Å². The van der Waals surface area contributed by atoms with Crippen molar-refractivity contribution in [2.45, 2.75) is 198 Å². The van der Waals surface area contributed by atoms with Crippen LogP contribution in [0.25, 0.3) is 21.8 Å². The summed E-state index contributed by atoms with van der Waals surface area (Å²) in [6.07, 6.45) is -1.09. The normalized spacial score (nSPS) is 22.3. The lowest BCUT2D eigenvalue weighted by Gasteiger charge is -2.30. The molecule has 6 rings (SSSR count). The standard InChI is InChI=1S/C79H116N22O21S2/c1-10-41(4)65(90-45(8)104)78(120)98-59-38-124-123-37-58(75(117)100-66(44(7)103)76(118)84-24-25-121-26-27-122-36-42(5)102)97-69(111)52(19-15-23-85-79(81)82)91-72(114)56(30-48-33-83-39-88-48)93-67(109)43(6)89-62(106)34-87-68(110)54(28-46-32-86-51-18-13-11-16-49(46)51)94-73(115)57(31-63(107)108)95-70(112)53(21-22-61(80)105)92-71(113)55(96-77(119)64(40(2)3)99-74(59)116)29-47-35-101(9)60-20-14-12-17-50(47)60/h11-14,16-18,20,32-33,35,39-41,43-44,52-59,64-66,73,86,94,103,115H,10,15,19,21-31,34,36-38H2,1-9H3,(H2,80,105)(H,83,88)(H,84,118)(H,87,110)(H,89,106)(H,90,104)(H,91,114)(H,92,113)(H,93,109)(H,95,112)(H,96,119)(H,97,111)(H,98,120)(H,99,116)(H,100,117)(H,107,108)(H4,81,82,85)/t41-,43-,44+,52-,53-,54-,55-,56-,57?,58-,59-,64-,65-,66-,73?/m0/s1. The maximum absolute atomic E-state index is 15.3. The fraction of sp³-hybridized carbons (Fsp3) is 0.544. The van der Waals surface area contributed by atoms with Gasteiger partial charge in [-0.1, -0.05) is 92.1 Å². The summed E-state index contributed by atoms with van der Waals surface area (Å²) in [4.78, 5) is 236. The molecule has 43 nitrogen and oxygen atoms in total. The summed E-state index contributed by atoms with van der Waals surface area (Å²) >= 11 is 0. The number of fused-ring (bicyclic) bond motifs is 2. The second kappa shape index (κ2) is 50.7. The van der Waals surface area contributed by atoms with Gasteiger partial charge in [-0.3, -0.25) is 87.4 Å². The van der Waals surface area contributed by atoms with Crippen molar-refractivity contribution >= 4 is 144 Å². The second-order valence-electron chi connectivity index (χ2n) is 30.3. The quantitative estimate of drug-likeness (QED) is 0.00813. The Morgan fingerprint density at radius 2 is 1.30 bits per heavy atom. The highest BCUT2D eigenvalue weighted by Gasteiger charge is 2.40.